The normalized spacial score (nSPS) is 21.8. The molecule has 0 saturated carbocycles. The van der Waals surface area contributed by atoms with Gasteiger partial charge in [-0.05, 0) is 18.2 Å². The van der Waals surface area contributed by atoms with Crippen molar-refractivity contribution in [1.82, 2.24) is 15.9 Å². The molecule has 9 heteroatoms. The lowest BCUT2D eigenvalue weighted by Crippen LogP contribution is -2.34. The Morgan fingerprint density at radius 3 is 2.62 bits per heavy atom. The van der Waals surface area contributed by atoms with Crippen LogP contribution in [0, 0.1) is 10.4 Å². The number of nitrogens with one attached hydrogen (secondary N) is 2. The molecule has 4 rings (SSSR count). The lowest BCUT2D eigenvalue weighted by molar-refractivity contribution is -0.377. The van der Waals surface area contributed by atoms with Crippen molar-refractivity contribution in [2.75, 3.05) is 0 Å². The number of thioether (sulfide) groups is 1. The van der Waals surface area contributed by atoms with Crippen molar-refractivity contribution in [1.29, 1.82) is 0 Å². The molecule has 8 nitrogen and oxygen atoms in total. The summed E-state index contributed by atoms with van der Waals surface area (Å²) in [6, 6.07) is 7.12. The van der Waals surface area contributed by atoms with Gasteiger partial charge in [0.2, 0.25) is 10.9 Å². The molecule has 1 aromatic rings. The minimum Gasteiger partial charge on any atom is -0.612 e. The van der Waals surface area contributed by atoms with E-state index in [-0.39, 0.29) is 16.8 Å². The molecule has 24 heavy (non-hydrogen) atoms. The first-order valence-corrected chi connectivity index (χ1v) is 7.98. The molecule has 0 amide bonds. The highest BCUT2D eigenvalue weighted by Gasteiger charge is 2.37. The first kappa shape index (κ1) is 14.7. The predicted molar refractivity (Wildman–Crippen MR) is 91.3 cm³/mol. The Hall–Kier alpha value is -2.91. The average Bonchev–Trinajstić information content (AvgIpc) is 3.16. The maximum atomic E-state index is 10.8. The van der Waals surface area contributed by atoms with E-state index in [1.807, 2.05) is 12.1 Å². The fourth-order valence-corrected chi connectivity index (χ4v) is 3.56. The second-order valence-corrected chi connectivity index (χ2v) is 6.25. The quantitative estimate of drug-likeness (QED) is 0.525. The molecule has 122 valence electrons. The summed E-state index contributed by atoms with van der Waals surface area (Å²) in [5.74, 6) is 0.902. The van der Waals surface area contributed by atoms with Gasteiger partial charge in [0.1, 0.15) is 11.1 Å². The number of amidine groups is 1. The lowest BCUT2D eigenvalue weighted by Gasteiger charge is -2.19. The average molecular weight is 342 g/mol. The van der Waals surface area contributed by atoms with Gasteiger partial charge in [0.25, 0.3) is 0 Å². The zero-order valence-corrected chi connectivity index (χ0v) is 13.0. The Kier molecular flexibility index (Phi) is 3.44. The maximum absolute atomic E-state index is 10.8. The molecule has 0 radical (unpaired) electrons. The highest BCUT2D eigenvalue weighted by atomic mass is 32.2. The van der Waals surface area contributed by atoms with Crippen LogP contribution in [0.4, 0.5) is 0 Å². The van der Waals surface area contributed by atoms with E-state index in [9.17, 15) is 15.5 Å². The van der Waals surface area contributed by atoms with Gasteiger partial charge >= 0.3 is 0 Å². The Labute approximate surface area is 141 Å². The van der Waals surface area contributed by atoms with E-state index in [4.69, 9.17) is 0 Å². The Balaban J connectivity index is 1.61. The van der Waals surface area contributed by atoms with Gasteiger partial charge in [-0.2, -0.15) is 4.90 Å². The van der Waals surface area contributed by atoms with Crippen LogP contribution in [0.5, 0.6) is 5.75 Å². The van der Waals surface area contributed by atoms with Crippen LogP contribution in [0.25, 0.3) is 0 Å². The SMILES string of the molecule is [O-][N+]([O-])=C1C=CC(=C2NN=C3S[C@H](c4ccccc4O)NN32)C=C1. The van der Waals surface area contributed by atoms with Crippen LogP contribution < -0.4 is 10.9 Å². The molecule has 1 saturated heterocycles. The summed E-state index contributed by atoms with van der Waals surface area (Å²) in [6.45, 7) is 0. The van der Waals surface area contributed by atoms with Gasteiger partial charge in [-0.1, -0.05) is 30.0 Å². The van der Waals surface area contributed by atoms with Crippen LogP contribution in [-0.4, -0.2) is 25.9 Å². The van der Waals surface area contributed by atoms with Crippen molar-refractivity contribution in [3.05, 3.63) is 75.9 Å². The third-order valence-corrected chi connectivity index (χ3v) is 4.79. The molecule has 0 unspecified atom stereocenters. The number of phenols is 1. The second kappa shape index (κ2) is 5.62. The fraction of sp³-hybridized carbons (Fsp3) is 0.0667. The number of benzene rings is 1. The summed E-state index contributed by atoms with van der Waals surface area (Å²) in [5.41, 5.74) is 7.76. The van der Waals surface area contributed by atoms with E-state index in [1.54, 1.807) is 29.3 Å². The van der Waals surface area contributed by atoms with Crippen LogP contribution in [-0.2, 0) is 0 Å². The standard InChI is InChI=1S/C15H12N5O3S/c21-12-4-2-1-3-11(12)14-18-19-13(16-17-15(19)24-14)9-5-7-10(8-6-9)20(22)23/h1-8,14,16,18H,(H-,21,22,23)/q-1/t14-/m1/s1. The van der Waals surface area contributed by atoms with Crippen molar-refractivity contribution >= 4 is 22.6 Å². The fourth-order valence-electron chi connectivity index (χ4n) is 2.52. The number of hydrogen-bond acceptors (Lipinski definition) is 8. The van der Waals surface area contributed by atoms with E-state index >= 15 is 0 Å². The number of rotatable bonds is 1. The Morgan fingerprint density at radius 1 is 1.17 bits per heavy atom. The Bertz CT molecular complexity index is 836. The van der Waals surface area contributed by atoms with Crippen molar-refractivity contribution in [3.63, 3.8) is 0 Å². The van der Waals surface area contributed by atoms with Gasteiger partial charge in [0.05, 0.1) is 0 Å². The van der Waals surface area contributed by atoms with Gasteiger partial charge < -0.3 is 15.5 Å². The molecular weight excluding hydrogens is 330 g/mol. The number of para-hydroxylation sites is 1. The molecule has 1 fully saturated rings. The maximum Gasteiger partial charge on any atom is 0.222 e. The van der Waals surface area contributed by atoms with E-state index in [2.05, 4.69) is 16.0 Å². The number of phenolic OH excluding ortho intramolecular Hbond substituents is 1. The highest BCUT2D eigenvalue weighted by Crippen LogP contribution is 2.41. The summed E-state index contributed by atoms with van der Waals surface area (Å²) >= 11 is 1.47. The second-order valence-electron chi connectivity index (χ2n) is 5.18. The minimum atomic E-state index is -0.434. The van der Waals surface area contributed by atoms with Crippen molar-refractivity contribution in [3.8, 4) is 5.75 Å². The van der Waals surface area contributed by atoms with Crippen molar-refractivity contribution in [2.45, 2.75) is 5.37 Å². The van der Waals surface area contributed by atoms with Gasteiger partial charge in [-0.25, -0.2) is 10.4 Å². The molecule has 2 aliphatic heterocycles. The number of nitrogens with zero attached hydrogens (tertiary/aromatic N) is 3. The van der Waals surface area contributed by atoms with E-state index in [0.717, 1.165) is 16.3 Å². The predicted octanol–water partition coefficient (Wildman–Crippen LogP) is 1.61. The first-order valence-electron chi connectivity index (χ1n) is 7.10. The first-order chi connectivity index (χ1) is 11.6. The molecule has 2 heterocycles. The van der Waals surface area contributed by atoms with Gasteiger partial charge in [0, 0.05) is 23.3 Å². The molecular formula is C15H12N5O3S-. The zero-order valence-electron chi connectivity index (χ0n) is 12.2. The number of fused-ring (bicyclic) bond motifs is 1. The monoisotopic (exact) mass is 342 g/mol. The molecule has 1 atom stereocenters. The number of hydrazine groups is 1. The smallest absolute Gasteiger partial charge is 0.222 e. The van der Waals surface area contributed by atoms with Crippen LogP contribution >= 0.6 is 11.8 Å². The third kappa shape index (κ3) is 2.39. The van der Waals surface area contributed by atoms with Crippen LogP contribution in [0.2, 0.25) is 0 Å². The molecule has 0 spiro atoms. The van der Waals surface area contributed by atoms with E-state index in [1.165, 1.54) is 23.9 Å². The molecule has 0 aromatic heterocycles. The highest BCUT2D eigenvalue weighted by molar-refractivity contribution is 8.14. The molecule has 3 N–H and O–H groups in total. The summed E-state index contributed by atoms with van der Waals surface area (Å²) in [5, 5.41) is 38.1. The van der Waals surface area contributed by atoms with Gasteiger partial charge in [-0.3, -0.25) is 5.43 Å². The van der Waals surface area contributed by atoms with Gasteiger partial charge in [-0.15, -0.1) is 5.10 Å². The van der Waals surface area contributed by atoms with Crippen molar-refractivity contribution < 1.29 is 10.0 Å². The van der Waals surface area contributed by atoms with E-state index < -0.39 is 4.90 Å². The summed E-state index contributed by atoms with van der Waals surface area (Å²) in [4.78, 5) is -0.434. The van der Waals surface area contributed by atoms with Crippen LogP contribution in [0.1, 0.15) is 10.9 Å². The topological polar surface area (TPSA) is 109 Å². The molecule has 3 aliphatic rings. The van der Waals surface area contributed by atoms with Crippen molar-refractivity contribution in [2.24, 2.45) is 5.10 Å². The number of aromatic hydroxyl groups is 1. The van der Waals surface area contributed by atoms with Gasteiger partial charge in [0.15, 0.2) is 5.82 Å². The lowest BCUT2D eigenvalue weighted by atomic mass is 10.1. The largest absolute Gasteiger partial charge is 0.612 e. The summed E-state index contributed by atoms with van der Waals surface area (Å²) in [7, 11) is 0. The summed E-state index contributed by atoms with van der Waals surface area (Å²) in [6.07, 6.45) is 6.23. The molecule has 0 bridgehead atoms. The van der Waals surface area contributed by atoms with Crippen LogP contribution in [0.15, 0.2) is 65.1 Å². The zero-order chi connectivity index (χ0) is 16.7. The number of hydrazone groups is 1. The van der Waals surface area contributed by atoms with Crippen LogP contribution in [0.3, 0.4) is 0 Å². The Morgan fingerprint density at radius 2 is 1.92 bits per heavy atom. The number of allylic oxidation sites excluding steroid dienone is 5. The minimum absolute atomic E-state index is 0.0364. The molecule has 1 aliphatic carbocycles. The summed E-state index contributed by atoms with van der Waals surface area (Å²) < 4.78 is 0. The third-order valence-electron chi connectivity index (χ3n) is 3.71. The number of hydrogen-bond donors (Lipinski definition) is 3. The van der Waals surface area contributed by atoms with E-state index in [0.29, 0.717) is 5.82 Å². The molecule has 1 aromatic carbocycles.